The number of nitrogens with one attached hydrogen (secondary N) is 1. The van der Waals surface area contributed by atoms with Crippen LogP contribution in [0.1, 0.15) is 38.0 Å². The van der Waals surface area contributed by atoms with Gasteiger partial charge in [-0.05, 0) is 53.1 Å². The molecule has 0 bridgehead atoms. The lowest BCUT2D eigenvalue weighted by atomic mass is 10.2. The van der Waals surface area contributed by atoms with Gasteiger partial charge < -0.3 is 4.98 Å². The maximum atomic E-state index is 10.3. The van der Waals surface area contributed by atoms with E-state index in [0.29, 0.717) is 5.57 Å². The molecule has 0 unspecified atom stereocenters. The first-order valence-electron chi connectivity index (χ1n) is 5.09. The van der Waals surface area contributed by atoms with Gasteiger partial charge in [-0.3, -0.25) is 4.79 Å². The zero-order valence-corrected chi connectivity index (χ0v) is 11.5. The molecule has 0 spiro atoms. The summed E-state index contributed by atoms with van der Waals surface area (Å²) in [6.45, 7) is 11.4. The highest BCUT2D eigenvalue weighted by Crippen LogP contribution is 2.04. The monoisotopic (exact) mass is 242 g/mol. The van der Waals surface area contributed by atoms with Gasteiger partial charge in [-0.1, -0.05) is 5.57 Å². The first kappa shape index (κ1) is 14.9. The molecule has 0 aliphatic carbocycles. The van der Waals surface area contributed by atoms with Crippen LogP contribution in [-0.2, 0) is 4.79 Å². The molecule has 0 saturated carbocycles. The van der Waals surface area contributed by atoms with Gasteiger partial charge in [0.25, 0.3) is 0 Å². The molecule has 0 amide bonds. The molecule has 3 nitrogen and oxygen atoms in total. The van der Waals surface area contributed by atoms with Crippen LogP contribution in [0.5, 0.6) is 0 Å². The number of halogens is 1. The van der Waals surface area contributed by atoms with Crippen LogP contribution in [-0.4, -0.2) is 15.2 Å². The molecule has 0 saturated heterocycles. The summed E-state index contributed by atoms with van der Waals surface area (Å²) in [5.41, 5.74) is 3.89. The number of hydrogen-bond donors (Lipinski definition) is 1. The van der Waals surface area contributed by atoms with Crippen molar-refractivity contribution < 1.29 is 4.79 Å². The Bertz CT molecular complexity index is 382. The fourth-order valence-corrected chi connectivity index (χ4v) is 1.11. The Morgan fingerprint density at radius 1 is 1.19 bits per heavy atom. The first-order chi connectivity index (χ1) is 7.25. The molecule has 0 aliphatic rings. The maximum Gasteiger partial charge on any atom is 0.247 e. The largest absolute Gasteiger partial charge is 0.346 e. The van der Waals surface area contributed by atoms with Crippen molar-refractivity contribution in [2.45, 2.75) is 41.5 Å². The van der Waals surface area contributed by atoms with E-state index in [9.17, 15) is 4.79 Å². The summed E-state index contributed by atoms with van der Waals surface area (Å²) in [5, 5.41) is -0.356. The normalized spacial score (nSPS) is 9.19. The van der Waals surface area contributed by atoms with Crippen LogP contribution in [0.15, 0.2) is 11.1 Å². The number of aromatic nitrogens is 2. The van der Waals surface area contributed by atoms with E-state index in [0.717, 1.165) is 17.1 Å². The lowest BCUT2D eigenvalue weighted by molar-refractivity contribution is -0.108. The SMILES string of the molecule is CC(C)=C(C)C(=O)Cl.Cc1nc(C)c(C)[nH]1. The molecule has 0 aliphatic heterocycles. The second kappa shape index (κ2) is 6.48. The summed E-state index contributed by atoms with van der Waals surface area (Å²) in [5.74, 6) is 1.00. The molecule has 16 heavy (non-hydrogen) atoms. The number of H-pyrrole nitrogens is 1. The van der Waals surface area contributed by atoms with E-state index in [1.54, 1.807) is 6.92 Å². The second-order valence-corrected chi connectivity index (χ2v) is 4.27. The zero-order valence-electron chi connectivity index (χ0n) is 10.7. The molecule has 4 heteroatoms. The predicted molar refractivity (Wildman–Crippen MR) is 67.7 cm³/mol. The van der Waals surface area contributed by atoms with Crippen molar-refractivity contribution in [3.05, 3.63) is 28.4 Å². The van der Waals surface area contributed by atoms with Crippen LogP contribution in [0.3, 0.4) is 0 Å². The number of hydrogen-bond acceptors (Lipinski definition) is 2. The quantitative estimate of drug-likeness (QED) is 0.606. The topological polar surface area (TPSA) is 45.8 Å². The van der Waals surface area contributed by atoms with Crippen molar-refractivity contribution in [2.24, 2.45) is 0 Å². The van der Waals surface area contributed by atoms with Gasteiger partial charge in [-0.15, -0.1) is 0 Å². The van der Waals surface area contributed by atoms with E-state index >= 15 is 0 Å². The van der Waals surface area contributed by atoms with Gasteiger partial charge in [-0.2, -0.15) is 0 Å². The number of imidazole rings is 1. The van der Waals surface area contributed by atoms with Crippen molar-refractivity contribution in [3.63, 3.8) is 0 Å². The van der Waals surface area contributed by atoms with Crippen LogP contribution in [0, 0.1) is 20.8 Å². The van der Waals surface area contributed by atoms with Crippen LogP contribution in [0.2, 0.25) is 0 Å². The van der Waals surface area contributed by atoms with Crippen molar-refractivity contribution in [2.75, 3.05) is 0 Å². The number of aryl methyl sites for hydroxylation is 3. The number of aromatic amines is 1. The van der Waals surface area contributed by atoms with Crippen LogP contribution in [0.4, 0.5) is 0 Å². The molecule has 0 fully saturated rings. The molecule has 0 radical (unpaired) electrons. The van der Waals surface area contributed by atoms with Crippen LogP contribution >= 0.6 is 11.6 Å². The molecule has 1 aromatic heterocycles. The summed E-state index contributed by atoms with van der Waals surface area (Å²) in [6.07, 6.45) is 0. The van der Waals surface area contributed by atoms with E-state index in [2.05, 4.69) is 9.97 Å². The Kier molecular flexibility index (Phi) is 6.04. The predicted octanol–water partition coefficient (Wildman–Crippen LogP) is 3.44. The second-order valence-electron chi connectivity index (χ2n) is 3.93. The van der Waals surface area contributed by atoms with Crippen molar-refractivity contribution >= 4 is 16.8 Å². The zero-order chi connectivity index (χ0) is 12.9. The minimum absolute atomic E-state index is 0.356. The number of nitrogens with zero attached hydrogens (tertiary/aromatic N) is 1. The van der Waals surface area contributed by atoms with Crippen LogP contribution < -0.4 is 0 Å². The molecular weight excluding hydrogens is 224 g/mol. The summed E-state index contributed by atoms with van der Waals surface area (Å²) in [7, 11) is 0. The van der Waals surface area contributed by atoms with Gasteiger partial charge in [0, 0.05) is 11.3 Å². The van der Waals surface area contributed by atoms with E-state index < -0.39 is 0 Å². The Hall–Kier alpha value is -1.09. The number of carbonyl (C=O) groups is 1. The van der Waals surface area contributed by atoms with Crippen molar-refractivity contribution in [1.82, 2.24) is 9.97 Å². The summed E-state index contributed by atoms with van der Waals surface area (Å²) in [4.78, 5) is 17.5. The highest BCUT2D eigenvalue weighted by atomic mass is 35.5. The van der Waals surface area contributed by atoms with Gasteiger partial charge in [0.15, 0.2) is 0 Å². The molecule has 1 heterocycles. The average Bonchev–Trinajstić information content (AvgIpc) is 2.43. The Morgan fingerprint density at radius 3 is 1.75 bits per heavy atom. The Morgan fingerprint density at radius 2 is 1.69 bits per heavy atom. The van der Waals surface area contributed by atoms with Gasteiger partial charge in [0.2, 0.25) is 5.24 Å². The molecular formula is C12H19ClN2O. The molecule has 0 atom stereocenters. The molecule has 1 N–H and O–H groups in total. The minimum Gasteiger partial charge on any atom is -0.346 e. The molecule has 0 aromatic carbocycles. The van der Waals surface area contributed by atoms with E-state index in [4.69, 9.17) is 11.6 Å². The van der Waals surface area contributed by atoms with E-state index in [1.807, 2.05) is 34.6 Å². The lowest BCUT2D eigenvalue weighted by Crippen LogP contribution is -1.88. The highest BCUT2D eigenvalue weighted by Gasteiger charge is 1.98. The summed E-state index contributed by atoms with van der Waals surface area (Å²) < 4.78 is 0. The van der Waals surface area contributed by atoms with E-state index in [1.165, 1.54) is 5.69 Å². The maximum absolute atomic E-state index is 10.3. The smallest absolute Gasteiger partial charge is 0.247 e. The summed E-state index contributed by atoms with van der Waals surface area (Å²) >= 11 is 5.13. The highest BCUT2D eigenvalue weighted by molar-refractivity contribution is 6.67. The van der Waals surface area contributed by atoms with Gasteiger partial charge >= 0.3 is 0 Å². The third kappa shape index (κ3) is 5.12. The summed E-state index contributed by atoms with van der Waals surface area (Å²) in [6, 6.07) is 0. The standard InChI is InChI=1S/C6H9ClO.C6H10N2/c1-4(2)5(3)6(7)8;1-4-5(2)8-6(3)7-4/h1-3H3;1-3H3,(H,7,8). The van der Waals surface area contributed by atoms with Crippen molar-refractivity contribution in [3.8, 4) is 0 Å². The van der Waals surface area contributed by atoms with Gasteiger partial charge in [0.05, 0.1) is 5.69 Å². The first-order valence-corrected chi connectivity index (χ1v) is 5.47. The third-order valence-electron chi connectivity index (χ3n) is 2.29. The number of rotatable bonds is 1. The third-order valence-corrected chi connectivity index (χ3v) is 2.57. The minimum atomic E-state index is -0.356. The average molecular weight is 243 g/mol. The van der Waals surface area contributed by atoms with E-state index in [-0.39, 0.29) is 5.24 Å². The molecule has 90 valence electrons. The Labute approximate surface area is 102 Å². The fourth-order valence-electron chi connectivity index (χ4n) is 0.922. The Balaban J connectivity index is 0.000000281. The van der Waals surface area contributed by atoms with Crippen LogP contribution in [0.25, 0.3) is 0 Å². The van der Waals surface area contributed by atoms with Gasteiger partial charge in [0.1, 0.15) is 5.82 Å². The number of carbonyl (C=O) groups excluding carboxylic acids is 1. The molecule has 1 aromatic rings. The van der Waals surface area contributed by atoms with Crippen molar-refractivity contribution in [1.29, 1.82) is 0 Å². The molecule has 1 rings (SSSR count). The lowest BCUT2D eigenvalue weighted by Gasteiger charge is -1.92. The van der Waals surface area contributed by atoms with Gasteiger partial charge in [-0.25, -0.2) is 4.98 Å². The number of allylic oxidation sites excluding steroid dienone is 2. The fraction of sp³-hybridized carbons (Fsp3) is 0.500.